The van der Waals surface area contributed by atoms with Crippen molar-refractivity contribution in [2.24, 2.45) is 0 Å². The number of aromatic nitrogens is 3. The van der Waals surface area contributed by atoms with Crippen LogP contribution in [0.4, 0.5) is 0 Å². The average molecular weight is 372 g/mol. The quantitative estimate of drug-likeness (QED) is 0.894. The lowest BCUT2D eigenvalue weighted by Gasteiger charge is -2.29. The van der Waals surface area contributed by atoms with Gasteiger partial charge in [0, 0.05) is 23.2 Å². The molecular weight excluding hydrogens is 348 g/mol. The first kappa shape index (κ1) is 17.4. The van der Waals surface area contributed by atoms with Crippen LogP contribution in [0.15, 0.2) is 17.1 Å². The number of aryl methyl sites for hydroxylation is 3. The molecule has 1 saturated carbocycles. The molecule has 2 aliphatic carbocycles. The summed E-state index contributed by atoms with van der Waals surface area (Å²) in [5.74, 6) is 0.0601. The van der Waals surface area contributed by atoms with Crippen molar-refractivity contribution < 1.29 is 4.79 Å². The largest absolute Gasteiger partial charge is 0.353 e. The molecule has 138 valence electrons. The molecule has 6 nitrogen and oxygen atoms in total. The average Bonchev–Trinajstić information content (AvgIpc) is 3.23. The van der Waals surface area contributed by atoms with E-state index in [2.05, 4.69) is 15.4 Å². The summed E-state index contributed by atoms with van der Waals surface area (Å²) in [5.41, 5.74) is 2.25. The summed E-state index contributed by atoms with van der Waals surface area (Å²) in [7, 11) is 0. The van der Waals surface area contributed by atoms with Gasteiger partial charge in [0.1, 0.15) is 0 Å². The Hall–Kier alpha value is -2.02. The van der Waals surface area contributed by atoms with Gasteiger partial charge in [0.25, 0.3) is 5.56 Å². The van der Waals surface area contributed by atoms with Crippen molar-refractivity contribution in [2.75, 3.05) is 0 Å². The maximum atomic E-state index is 12.4. The topological polar surface area (TPSA) is 76.9 Å². The second kappa shape index (κ2) is 7.31. The second-order valence-electron chi connectivity index (χ2n) is 7.35. The van der Waals surface area contributed by atoms with E-state index in [9.17, 15) is 9.59 Å². The van der Waals surface area contributed by atoms with E-state index in [1.54, 1.807) is 28.3 Å². The highest BCUT2D eigenvalue weighted by Gasteiger charge is 2.26. The van der Waals surface area contributed by atoms with Gasteiger partial charge in [-0.05, 0) is 57.4 Å². The van der Waals surface area contributed by atoms with Crippen molar-refractivity contribution in [1.29, 1.82) is 0 Å². The Morgan fingerprint density at radius 3 is 2.85 bits per heavy atom. The molecule has 1 N–H and O–H groups in total. The van der Waals surface area contributed by atoms with E-state index in [0.29, 0.717) is 6.42 Å². The zero-order valence-electron chi connectivity index (χ0n) is 15.0. The Kier molecular flexibility index (Phi) is 4.89. The summed E-state index contributed by atoms with van der Waals surface area (Å²) in [4.78, 5) is 29.8. The molecular formula is C19H24N4O2S. The number of nitrogens with one attached hydrogen (secondary N) is 1. The van der Waals surface area contributed by atoms with Crippen LogP contribution >= 0.6 is 11.3 Å². The molecule has 7 heteroatoms. The van der Waals surface area contributed by atoms with Gasteiger partial charge in [0.2, 0.25) is 5.91 Å². The molecule has 0 unspecified atom stereocenters. The summed E-state index contributed by atoms with van der Waals surface area (Å²) in [6.45, 7) is 1.95. The van der Waals surface area contributed by atoms with Gasteiger partial charge in [-0.15, -0.1) is 11.3 Å². The molecule has 0 aromatic carbocycles. The van der Waals surface area contributed by atoms with Crippen molar-refractivity contribution in [1.82, 2.24) is 20.1 Å². The molecule has 0 atom stereocenters. The highest BCUT2D eigenvalue weighted by atomic mass is 32.1. The molecule has 2 aliphatic rings. The van der Waals surface area contributed by atoms with Gasteiger partial charge in [-0.2, -0.15) is 5.10 Å². The van der Waals surface area contributed by atoms with Crippen molar-refractivity contribution in [2.45, 2.75) is 70.4 Å². The molecule has 0 spiro atoms. The smallest absolute Gasteiger partial charge is 0.267 e. The summed E-state index contributed by atoms with van der Waals surface area (Å²) < 4.78 is 1.70. The maximum Gasteiger partial charge on any atom is 0.267 e. The first-order valence-electron chi connectivity index (χ1n) is 9.41. The third-order valence-electron chi connectivity index (χ3n) is 5.39. The number of thiazole rings is 1. The van der Waals surface area contributed by atoms with E-state index in [0.717, 1.165) is 66.1 Å². The summed E-state index contributed by atoms with van der Waals surface area (Å²) in [6.07, 6.45) is 8.80. The van der Waals surface area contributed by atoms with E-state index in [4.69, 9.17) is 0 Å². The number of hydrogen-bond donors (Lipinski definition) is 1. The first-order chi connectivity index (χ1) is 12.6. The molecule has 0 radical (unpaired) electrons. The standard InChI is InChI=1S/C19H24N4O2S/c1-12-20-11-16(26-12)10-18(24)21-14-5-7-15(8-6-14)23-19(25)9-13-3-2-4-17(13)22-23/h9,11,14-15H,2-8,10H2,1H3,(H,21,24). The van der Waals surface area contributed by atoms with E-state index in [-0.39, 0.29) is 23.6 Å². The van der Waals surface area contributed by atoms with Crippen LogP contribution in [0.25, 0.3) is 0 Å². The van der Waals surface area contributed by atoms with E-state index < -0.39 is 0 Å². The van der Waals surface area contributed by atoms with Crippen LogP contribution in [0, 0.1) is 6.92 Å². The number of carbonyl (C=O) groups excluding carboxylic acids is 1. The lowest BCUT2D eigenvalue weighted by atomic mass is 9.91. The zero-order valence-corrected chi connectivity index (χ0v) is 15.8. The van der Waals surface area contributed by atoms with Crippen LogP contribution < -0.4 is 10.9 Å². The van der Waals surface area contributed by atoms with Crippen LogP contribution in [-0.2, 0) is 24.1 Å². The normalized spacial score (nSPS) is 22.2. The Morgan fingerprint density at radius 2 is 2.12 bits per heavy atom. The van der Waals surface area contributed by atoms with Crippen molar-refractivity contribution in [3.05, 3.63) is 43.8 Å². The molecule has 0 bridgehead atoms. The van der Waals surface area contributed by atoms with Crippen LogP contribution in [0.3, 0.4) is 0 Å². The van der Waals surface area contributed by atoms with Crippen molar-refractivity contribution in [3.8, 4) is 0 Å². The molecule has 4 rings (SSSR count). The third kappa shape index (κ3) is 3.72. The van der Waals surface area contributed by atoms with Gasteiger partial charge in [0.05, 0.1) is 23.2 Å². The SMILES string of the molecule is Cc1ncc(CC(=O)NC2CCC(n3nc4c(cc3=O)CCC4)CC2)s1. The van der Waals surface area contributed by atoms with Crippen LogP contribution in [0.2, 0.25) is 0 Å². The fourth-order valence-corrected chi connectivity index (χ4v) is 4.86. The summed E-state index contributed by atoms with van der Waals surface area (Å²) >= 11 is 1.57. The maximum absolute atomic E-state index is 12.4. The third-order valence-corrected chi connectivity index (χ3v) is 6.31. The molecule has 0 aliphatic heterocycles. The predicted octanol–water partition coefficient (Wildman–Crippen LogP) is 2.34. The number of hydrogen-bond acceptors (Lipinski definition) is 5. The molecule has 0 saturated heterocycles. The minimum atomic E-state index is 0.0266. The van der Waals surface area contributed by atoms with Crippen LogP contribution in [-0.4, -0.2) is 26.7 Å². The summed E-state index contributed by atoms with van der Waals surface area (Å²) in [6, 6.07) is 2.13. The molecule has 1 amide bonds. The minimum absolute atomic E-state index is 0.0266. The van der Waals surface area contributed by atoms with E-state index >= 15 is 0 Å². The molecule has 2 aromatic rings. The van der Waals surface area contributed by atoms with Gasteiger partial charge in [-0.3, -0.25) is 9.59 Å². The number of rotatable bonds is 4. The second-order valence-corrected chi connectivity index (χ2v) is 8.67. The highest BCUT2D eigenvalue weighted by Crippen LogP contribution is 2.28. The number of nitrogens with zero attached hydrogens (tertiary/aromatic N) is 3. The number of carbonyl (C=O) groups is 1. The lowest BCUT2D eigenvalue weighted by molar-refractivity contribution is -0.121. The van der Waals surface area contributed by atoms with Crippen molar-refractivity contribution in [3.63, 3.8) is 0 Å². The zero-order chi connectivity index (χ0) is 18.1. The van der Waals surface area contributed by atoms with Crippen molar-refractivity contribution >= 4 is 17.2 Å². The predicted molar refractivity (Wildman–Crippen MR) is 101 cm³/mol. The fraction of sp³-hybridized carbons (Fsp3) is 0.579. The van der Waals surface area contributed by atoms with Gasteiger partial charge in [0.15, 0.2) is 0 Å². The van der Waals surface area contributed by atoms with E-state index in [1.807, 2.05) is 6.92 Å². The molecule has 2 heterocycles. The van der Waals surface area contributed by atoms with E-state index in [1.165, 1.54) is 0 Å². The Balaban J connectivity index is 1.33. The Bertz CT molecular complexity index is 865. The molecule has 26 heavy (non-hydrogen) atoms. The van der Waals surface area contributed by atoms with Crippen LogP contribution in [0.5, 0.6) is 0 Å². The number of amides is 1. The molecule has 1 fully saturated rings. The monoisotopic (exact) mass is 372 g/mol. The lowest BCUT2D eigenvalue weighted by Crippen LogP contribution is -2.40. The first-order valence-corrected chi connectivity index (χ1v) is 10.2. The minimum Gasteiger partial charge on any atom is -0.353 e. The highest BCUT2D eigenvalue weighted by molar-refractivity contribution is 7.11. The molecule has 2 aromatic heterocycles. The Labute approximate surface area is 156 Å². The fourth-order valence-electron chi connectivity index (χ4n) is 4.07. The summed E-state index contributed by atoms with van der Waals surface area (Å²) in [5, 5.41) is 8.76. The van der Waals surface area contributed by atoms with Gasteiger partial charge < -0.3 is 5.32 Å². The Morgan fingerprint density at radius 1 is 1.31 bits per heavy atom. The van der Waals surface area contributed by atoms with Gasteiger partial charge >= 0.3 is 0 Å². The van der Waals surface area contributed by atoms with Crippen LogP contribution in [0.1, 0.15) is 59.3 Å². The van der Waals surface area contributed by atoms with Gasteiger partial charge in [-0.25, -0.2) is 9.67 Å². The number of fused-ring (bicyclic) bond motifs is 1. The van der Waals surface area contributed by atoms with Gasteiger partial charge in [-0.1, -0.05) is 0 Å².